The molecule has 4 heterocycles. The molecule has 398 valence electrons. The molecule has 6 amide bonds. The van der Waals surface area contributed by atoms with Crippen molar-refractivity contribution in [2.75, 3.05) is 63.2 Å². The van der Waals surface area contributed by atoms with Crippen molar-refractivity contribution in [1.29, 1.82) is 0 Å². The van der Waals surface area contributed by atoms with Crippen molar-refractivity contribution < 1.29 is 28.8 Å². The van der Waals surface area contributed by atoms with E-state index in [1.165, 1.54) is 0 Å². The second-order valence-electron chi connectivity index (χ2n) is 21.4. The Morgan fingerprint density at radius 3 is 1.30 bits per heavy atom. The minimum absolute atomic E-state index is 0.0546. The fourth-order valence-electron chi connectivity index (χ4n) is 12.3. The van der Waals surface area contributed by atoms with Crippen LogP contribution in [-0.2, 0) is 28.8 Å². The molecule has 0 spiro atoms. The number of carbonyl (C=O) groups is 6. The third kappa shape index (κ3) is 12.9. The maximum atomic E-state index is 14.3. The van der Waals surface area contributed by atoms with Crippen LogP contribution in [0.1, 0.15) is 140 Å². The van der Waals surface area contributed by atoms with Gasteiger partial charge < -0.3 is 51.5 Å². The monoisotopic (exact) mass is 1010 g/mol. The van der Waals surface area contributed by atoms with Gasteiger partial charge in [-0.15, -0.1) is 0 Å². The van der Waals surface area contributed by atoms with Gasteiger partial charge in [-0.2, -0.15) is 0 Å². The van der Waals surface area contributed by atoms with Gasteiger partial charge in [0.25, 0.3) is 0 Å². The minimum atomic E-state index is -0.645. The van der Waals surface area contributed by atoms with Crippen LogP contribution in [-0.4, -0.2) is 135 Å². The van der Waals surface area contributed by atoms with Crippen LogP contribution >= 0.6 is 0 Å². The van der Waals surface area contributed by atoms with Crippen LogP contribution in [0.2, 0.25) is 0 Å². The van der Waals surface area contributed by atoms with Gasteiger partial charge in [0.2, 0.25) is 35.4 Å². The lowest BCUT2D eigenvalue weighted by atomic mass is 9.83. The first kappa shape index (κ1) is 54.2. The number of likely N-dealkylation sites (tertiary alicyclic amines) is 2. The Morgan fingerprint density at radius 2 is 0.905 bits per heavy atom. The number of anilines is 2. The van der Waals surface area contributed by atoms with E-state index in [4.69, 9.17) is 0 Å². The van der Waals surface area contributed by atoms with Gasteiger partial charge in [0.1, 0.15) is 24.2 Å². The number of nitrogens with zero attached hydrogens (tertiary/aromatic N) is 4. The molecule has 0 unspecified atom stereocenters. The number of hydrogen-bond donors (Lipinski definition) is 6. The lowest BCUT2D eigenvalue weighted by molar-refractivity contribution is -0.143. The number of rotatable bonds is 16. The molecule has 8 rings (SSSR count). The Kier molecular flexibility index (Phi) is 19.0. The average molecular weight is 1010 g/mol. The fraction of sp³-hybridized carbons (Fsp3) is 0.621. The van der Waals surface area contributed by atoms with E-state index in [0.717, 1.165) is 99.6 Å². The van der Waals surface area contributed by atoms with E-state index >= 15 is 0 Å². The largest absolute Gasteiger partial charge is 0.360 e. The van der Waals surface area contributed by atoms with Gasteiger partial charge in [0.05, 0.1) is 37.3 Å². The molecule has 2 aliphatic carbocycles. The first-order valence-electron chi connectivity index (χ1n) is 27.8. The van der Waals surface area contributed by atoms with Crippen molar-refractivity contribution in [3.05, 3.63) is 59.7 Å². The molecule has 4 aliphatic heterocycles. The molecule has 6 aliphatic rings. The summed E-state index contributed by atoms with van der Waals surface area (Å²) in [6.07, 6.45) is 13.9. The Bertz CT molecular complexity index is 2280. The third-order valence-corrected chi connectivity index (χ3v) is 16.8. The Labute approximate surface area is 439 Å². The van der Waals surface area contributed by atoms with E-state index in [1.807, 2.05) is 24.3 Å². The first-order valence-corrected chi connectivity index (χ1v) is 27.8. The summed E-state index contributed by atoms with van der Waals surface area (Å²) in [5, 5.41) is 18.7. The molecule has 8 atom stereocenters. The lowest BCUT2D eigenvalue weighted by Crippen LogP contribution is -2.58. The number of hydrogen-bond acceptors (Lipinski definition) is 10. The predicted molar refractivity (Wildman–Crippen MR) is 287 cm³/mol. The van der Waals surface area contributed by atoms with Crippen molar-refractivity contribution in [2.45, 2.75) is 165 Å². The highest BCUT2D eigenvalue weighted by Gasteiger charge is 2.44. The van der Waals surface area contributed by atoms with Crippen molar-refractivity contribution in [3.63, 3.8) is 0 Å². The molecule has 0 bridgehead atoms. The Morgan fingerprint density at radius 1 is 0.514 bits per heavy atom. The zero-order valence-corrected chi connectivity index (χ0v) is 44.2. The molecule has 2 aromatic rings. The van der Waals surface area contributed by atoms with Crippen LogP contribution in [0.25, 0.3) is 0 Å². The molecule has 2 aromatic carbocycles. The predicted octanol–water partition coefficient (Wildman–Crippen LogP) is 4.46. The summed E-state index contributed by atoms with van der Waals surface area (Å²) in [7, 11) is 3.46. The molecule has 16 nitrogen and oxygen atoms in total. The van der Waals surface area contributed by atoms with Crippen LogP contribution in [0.15, 0.2) is 48.5 Å². The lowest BCUT2D eigenvalue weighted by Gasteiger charge is -2.37. The molecule has 74 heavy (non-hydrogen) atoms. The van der Waals surface area contributed by atoms with E-state index in [-0.39, 0.29) is 59.4 Å². The summed E-state index contributed by atoms with van der Waals surface area (Å²) >= 11 is 0. The quantitative estimate of drug-likeness (QED) is 0.131. The molecule has 16 heteroatoms. The number of para-hydroxylation sites is 2. The van der Waals surface area contributed by atoms with Crippen LogP contribution < -0.4 is 41.7 Å². The van der Waals surface area contributed by atoms with Crippen LogP contribution in [0.3, 0.4) is 0 Å². The van der Waals surface area contributed by atoms with E-state index < -0.39 is 36.3 Å². The van der Waals surface area contributed by atoms with Gasteiger partial charge >= 0.3 is 0 Å². The van der Waals surface area contributed by atoms with E-state index in [2.05, 4.69) is 89.6 Å². The molecular weight excluding hydrogens is 933 g/mol. The number of likely N-dealkylation sites (N-methyl/N-ethyl adjacent to an activating group) is 2. The molecule has 2 saturated heterocycles. The molecule has 2 saturated carbocycles. The van der Waals surface area contributed by atoms with Crippen molar-refractivity contribution in [2.24, 2.45) is 11.8 Å². The molecule has 0 radical (unpaired) electrons. The second-order valence-corrected chi connectivity index (χ2v) is 21.4. The van der Waals surface area contributed by atoms with Crippen molar-refractivity contribution in [1.82, 2.24) is 41.7 Å². The number of nitrogens with one attached hydrogen (secondary N) is 6. The standard InChI is InChI=1S/C58H80N10O6/c1-39(59-3)53(69)63-51(41-21-9-7-10-22-41)57(73)67-35-19-29-49(67)55(71)61-45-31-37-65(47-27-15-13-25-43(45)47)33-17-5-6-18-34-66-38-32-46(44-26-14-16-28-48(44)66)62-56(72)50-30-20-36-68(50)58(74)52(42-23-11-8-12-24-42)64-54(70)40(2)60-4/h13-16,25-28,39-42,45-46,49-52,59-60H,7-12,19-24,29-38H2,1-4H3,(H,61,71)(H,62,72)(H,63,69)(H,64,70)/t39-,40-,45+,46+,49-,50-,51-,52-/m0/s1. The summed E-state index contributed by atoms with van der Waals surface area (Å²) in [6.45, 7) is 6.87. The topological polar surface area (TPSA) is 188 Å². The second kappa shape index (κ2) is 25.9. The maximum Gasteiger partial charge on any atom is 0.246 e. The van der Waals surface area contributed by atoms with Crippen LogP contribution in [0, 0.1) is 35.5 Å². The molecule has 6 N–H and O–H groups in total. The van der Waals surface area contributed by atoms with Crippen molar-refractivity contribution >= 4 is 46.8 Å². The highest BCUT2D eigenvalue weighted by atomic mass is 16.2. The Balaban J connectivity index is 0.848. The molecule has 4 fully saturated rings. The summed E-state index contributed by atoms with van der Waals surface area (Å²) in [4.78, 5) is 90.8. The van der Waals surface area contributed by atoms with Gasteiger partial charge in [-0.25, -0.2) is 0 Å². The summed E-state index contributed by atoms with van der Waals surface area (Å²) < 4.78 is 0. The van der Waals surface area contributed by atoms with E-state index in [9.17, 15) is 28.8 Å². The van der Waals surface area contributed by atoms with Gasteiger partial charge in [-0.3, -0.25) is 28.8 Å². The van der Waals surface area contributed by atoms with Crippen LogP contribution in [0.4, 0.5) is 11.4 Å². The van der Waals surface area contributed by atoms with Crippen molar-refractivity contribution in [3.8, 4) is 23.7 Å². The number of amides is 6. The molecular formula is C58H80N10O6. The first-order chi connectivity index (χ1) is 36.0. The van der Waals surface area contributed by atoms with Gasteiger partial charge in [0.15, 0.2) is 0 Å². The maximum absolute atomic E-state index is 14.3. The molecule has 0 aromatic heterocycles. The zero-order chi connectivity index (χ0) is 52.1. The summed E-state index contributed by atoms with van der Waals surface area (Å²) in [6, 6.07) is 12.4. The van der Waals surface area contributed by atoms with Crippen LogP contribution in [0.5, 0.6) is 0 Å². The smallest absolute Gasteiger partial charge is 0.246 e. The SMILES string of the molecule is CN[C@@H](C)C(=O)N[C@H](C(=O)N1CCC[C@H]1C(=O)N[C@@H]1CCN(CC#CC#CCN2CC[C@@H](NC(=O)[C@@H]3CCCN3C(=O)[C@@H](NC(=O)[C@H](C)NC)C3CCCCC3)c3ccccc32)c2ccccc21)C1CCCCC1. The highest BCUT2D eigenvalue weighted by molar-refractivity contribution is 5.95. The number of fused-ring (bicyclic) bond motifs is 2. The minimum Gasteiger partial charge on any atom is -0.360 e. The van der Waals surface area contributed by atoms with Gasteiger partial charge in [-0.1, -0.05) is 86.8 Å². The Hall–Kier alpha value is -6.10. The fourth-order valence-corrected chi connectivity index (χ4v) is 12.3. The summed E-state index contributed by atoms with van der Waals surface area (Å²) in [5.41, 5.74) is 4.05. The summed E-state index contributed by atoms with van der Waals surface area (Å²) in [5.74, 6) is 11.8. The number of benzene rings is 2. The highest BCUT2D eigenvalue weighted by Crippen LogP contribution is 2.37. The van der Waals surface area contributed by atoms with E-state index in [1.54, 1.807) is 37.7 Å². The zero-order valence-electron chi connectivity index (χ0n) is 44.2. The third-order valence-electron chi connectivity index (χ3n) is 16.8. The normalized spacial score (nSPS) is 23.6. The van der Waals surface area contributed by atoms with E-state index in [0.29, 0.717) is 65.0 Å². The van der Waals surface area contributed by atoms with Gasteiger partial charge in [0, 0.05) is 37.6 Å². The van der Waals surface area contributed by atoms with Gasteiger partial charge in [-0.05, 0) is 139 Å². The number of carbonyl (C=O) groups excluding carboxylic acids is 6. The average Bonchev–Trinajstić information content (AvgIpc) is 4.15.